The number of hydrogen-bond donors (Lipinski definition) is 2. The summed E-state index contributed by atoms with van der Waals surface area (Å²) in [4.78, 5) is 5.36. The normalized spacial score (nSPS) is 12.8. The minimum atomic E-state index is -0.663. The van der Waals surface area contributed by atoms with Gasteiger partial charge in [-0.15, -0.1) is 11.3 Å². The van der Waals surface area contributed by atoms with Gasteiger partial charge in [0.15, 0.2) is 0 Å². The summed E-state index contributed by atoms with van der Waals surface area (Å²) < 4.78 is 5.37. The van der Waals surface area contributed by atoms with Crippen molar-refractivity contribution in [1.82, 2.24) is 4.98 Å². The van der Waals surface area contributed by atoms with Crippen LogP contribution in [-0.4, -0.2) is 33.7 Å². The van der Waals surface area contributed by atoms with E-state index in [0.29, 0.717) is 17.4 Å². The number of thioether (sulfide) groups is 1. The number of aliphatic hydroxyl groups excluding tert-OH is 2. The number of rotatable bonds is 6. The van der Waals surface area contributed by atoms with Gasteiger partial charge in [0.05, 0.1) is 23.3 Å². The van der Waals surface area contributed by atoms with E-state index in [1.165, 1.54) is 11.8 Å². The van der Waals surface area contributed by atoms with Gasteiger partial charge < -0.3 is 14.6 Å². The molecule has 92 valence electrons. The molecule has 0 aliphatic carbocycles. The molecule has 17 heavy (non-hydrogen) atoms. The van der Waals surface area contributed by atoms with Gasteiger partial charge in [-0.2, -0.15) is 11.8 Å². The van der Waals surface area contributed by atoms with Crippen LogP contribution in [0.1, 0.15) is 5.69 Å². The van der Waals surface area contributed by atoms with E-state index in [2.05, 4.69) is 4.98 Å². The van der Waals surface area contributed by atoms with Gasteiger partial charge in [0.2, 0.25) is 5.89 Å². The summed E-state index contributed by atoms with van der Waals surface area (Å²) in [5.41, 5.74) is 0.850. The summed E-state index contributed by atoms with van der Waals surface area (Å²) >= 11 is 3.11. The second kappa shape index (κ2) is 6.20. The van der Waals surface area contributed by atoms with E-state index in [1.807, 2.05) is 17.5 Å². The monoisotopic (exact) mass is 271 g/mol. The zero-order chi connectivity index (χ0) is 12.1. The quantitative estimate of drug-likeness (QED) is 0.841. The molecule has 0 amide bonds. The summed E-state index contributed by atoms with van der Waals surface area (Å²) in [7, 11) is 0. The fourth-order valence-corrected chi connectivity index (χ4v) is 2.73. The Kier molecular flexibility index (Phi) is 4.61. The summed E-state index contributed by atoms with van der Waals surface area (Å²) in [6.45, 7) is -0.202. The van der Waals surface area contributed by atoms with E-state index in [9.17, 15) is 5.11 Å². The van der Waals surface area contributed by atoms with Crippen LogP contribution in [0.3, 0.4) is 0 Å². The van der Waals surface area contributed by atoms with E-state index in [4.69, 9.17) is 9.52 Å². The molecule has 0 fully saturated rings. The lowest BCUT2D eigenvalue weighted by Gasteiger charge is -2.04. The molecule has 0 saturated carbocycles. The molecule has 2 rings (SSSR count). The first-order valence-corrected chi connectivity index (χ1v) is 7.18. The molecule has 0 aromatic carbocycles. The smallest absolute Gasteiger partial charge is 0.236 e. The van der Waals surface area contributed by atoms with Crippen LogP contribution in [0.25, 0.3) is 10.8 Å². The average Bonchev–Trinajstić information content (AvgIpc) is 2.98. The minimum Gasteiger partial charge on any atom is -0.444 e. The molecular formula is C11H13NO3S2. The van der Waals surface area contributed by atoms with Gasteiger partial charge in [-0.05, 0) is 11.4 Å². The summed E-state index contributed by atoms with van der Waals surface area (Å²) in [5.74, 6) is 1.81. The van der Waals surface area contributed by atoms with Crippen LogP contribution in [0, 0.1) is 0 Å². The van der Waals surface area contributed by atoms with Crippen molar-refractivity contribution in [3.8, 4) is 10.8 Å². The first-order valence-electron chi connectivity index (χ1n) is 5.14. The second-order valence-electron chi connectivity index (χ2n) is 3.47. The molecule has 0 bridgehead atoms. The third-order valence-electron chi connectivity index (χ3n) is 2.05. The zero-order valence-corrected chi connectivity index (χ0v) is 10.7. The molecule has 2 aromatic heterocycles. The molecule has 6 heteroatoms. The lowest BCUT2D eigenvalue weighted by Crippen LogP contribution is -2.14. The van der Waals surface area contributed by atoms with Crippen LogP contribution >= 0.6 is 23.1 Å². The predicted octanol–water partition coefficient (Wildman–Crippen LogP) is 1.99. The van der Waals surface area contributed by atoms with Gasteiger partial charge in [0.25, 0.3) is 0 Å². The van der Waals surface area contributed by atoms with Crippen LogP contribution < -0.4 is 0 Å². The summed E-state index contributed by atoms with van der Waals surface area (Å²) in [6.07, 6.45) is 0.969. The summed E-state index contributed by atoms with van der Waals surface area (Å²) in [6, 6.07) is 3.92. The predicted molar refractivity (Wildman–Crippen MR) is 69.1 cm³/mol. The molecule has 0 unspecified atom stereocenters. The Morgan fingerprint density at radius 2 is 2.41 bits per heavy atom. The fourth-order valence-electron chi connectivity index (χ4n) is 1.24. The second-order valence-corrected chi connectivity index (χ2v) is 5.45. The molecule has 2 heterocycles. The largest absolute Gasteiger partial charge is 0.444 e. The van der Waals surface area contributed by atoms with Crippen molar-refractivity contribution < 1.29 is 14.6 Å². The molecule has 2 aromatic rings. The van der Waals surface area contributed by atoms with E-state index in [0.717, 1.165) is 10.6 Å². The van der Waals surface area contributed by atoms with Crippen molar-refractivity contribution >= 4 is 23.1 Å². The number of aliphatic hydroxyl groups is 2. The Bertz CT molecular complexity index is 441. The number of aromatic nitrogens is 1. The lowest BCUT2D eigenvalue weighted by molar-refractivity contribution is 0.113. The SMILES string of the molecule is OC[C@@H](O)CSCc1coc(-c2cccs2)n1. The third kappa shape index (κ3) is 3.57. The Morgan fingerprint density at radius 3 is 3.12 bits per heavy atom. The van der Waals surface area contributed by atoms with Crippen molar-refractivity contribution in [3.63, 3.8) is 0 Å². The van der Waals surface area contributed by atoms with Gasteiger partial charge in [-0.25, -0.2) is 4.98 Å². The van der Waals surface area contributed by atoms with Gasteiger partial charge in [-0.3, -0.25) is 0 Å². The molecule has 1 atom stereocenters. The summed E-state index contributed by atoms with van der Waals surface area (Å²) in [5, 5.41) is 19.8. The van der Waals surface area contributed by atoms with Gasteiger partial charge >= 0.3 is 0 Å². The number of hydrogen-bond acceptors (Lipinski definition) is 6. The van der Waals surface area contributed by atoms with E-state index < -0.39 is 6.10 Å². The fraction of sp³-hybridized carbons (Fsp3) is 0.364. The molecule has 0 saturated heterocycles. The van der Waals surface area contributed by atoms with Crippen LogP contribution in [0.2, 0.25) is 0 Å². The highest BCUT2D eigenvalue weighted by molar-refractivity contribution is 7.98. The zero-order valence-electron chi connectivity index (χ0n) is 9.07. The first kappa shape index (κ1) is 12.6. The van der Waals surface area contributed by atoms with Gasteiger partial charge in [0, 0.05) is 11.5 Å². The highest BCUT2D eigenvalue weighted by atomic mass is 32.2. The number of nitrogens with zero attached hydrogens (tertiary/aromatic N) is 1. The van der Waals surface area contributed by atoms with Crippen molar-refractivity contribution in [3.05, 3.63) is 29.5 Å². The topological polar surface area (TPSA) is 66.5 Å². The maximum Gasteiger partial charge on any atom is 0.236 e. The molecule has 0 radical (unpaired) electrons. The molecule has 4 nitrogen and oxygen atoms in total. The minimum absolute atomic E-state index is 0.202. The maximum absolute atomic E-state index is 9.18. The van der Waals surface area contributed by atoms with Crippen LogP contribution in [-0.2, 0) is 5.75 Å². The van der Waals surface area contributed by atoms with Crippen LogP contribution in [0.5, 0.6) is 0 Å². The van der Waals surface area contributed by atoms with E-state index in [-0.39, 0.29) is 6.61 Å². The molecular weight excluding hydrogens is 258 g/mol. The van der Waals surface area contributed by atoms with E-state index >= 15 is 0 Å². The Labute approximate surface area is 107 Å². The Balaban J connectivity index is 1.87. The van der Waals surface area contributed by atoms with Crippen LogP contribution in [0.4, 0.5) is 0 Å². The Morgan fingerprint density at radius 1 is 1.53 bits per heavy atom. The molecule has 0 spiro atoms. The molecule has 0 aliphatic heterocycles. The van der Waals surface area contributed by atoms with Crippen LogP contribution in [0.15, 0.2) is 28.2 Å². The molecule has 2 N–H and O–H groups in total. The van der Waals surface area contributed by atoms with E-state index in [1.54, 1.807) is 17.6 Å². The Hall–Kier alpha value is -0.820. The van der Waals surface area contributed by atoms with Gasteiger partial charge in [0.1, 0.15) is 6.26 Å². The molecule has 0 aliphatic rings. The van der Waals surface area contributed by atoms with Crippen molar-refractivity contribution in [2.75, 3.05) is 12.4 Å². The third-order valence-corrected chi connectivity index (χ3v) is 4.03. The average molecular weight is 271 g/mol. The first-order chi connectivity index (χ1) is 8.29. The number of thiophene rings is 1. The maximum atomic E-state index is 9.18. The lowest BCUT2D eigenvalue weighted by atomic mass is 10.4. The van der Waals surface area contributed by atoms with Crippen molar-refractivity contribution in [1.29, 1.82) is 0 Å². The van der Waals surface area contributed by atoms with Crippen molar-refractivity contribution in [2.24, 2.45) is 0 Å². The highest BCUT2D eigenvalue weighted by Crippen LogP contribution is 2.24. The standard InChI is InChI=1S/C11H13NO3S2/c13-4-9(14)7-16-6-8-5-15-11(12-8)10-2-1-3-17-10/h1-3,5,9,13-14H,4,6-7H2/t9-/m1/s1. The highest BCUT2D eigenvalue weighted by Gasteiger charge is 2.08. The van der Waals surface area contributed by atoms with Crippen molar-refractivity contribution in [2.45, 2.75) is 11.9 Å². The number of oxazole rings is 1. The van der Waals surface area contributed by atoms with Gasteiger partial charge in [-0.1, -0.05) is 6.07 Å².